The van der Waals surface area contributed by atoms with Crippen molar-refractivity contribution >= 4 is 5.91 Å². The number of terminal acetylenes is 1. The first-order valence-electron chi connectivity index (χ1n) is 5.29. The topological polar surface area (TPSA) is 53.6 Å². The molecule has 0 heterocycles. The summed E-state index contributed by atoms with van der Waals surface area (Å²) >= 11 is 0. The van der Waals surface area contributed by atoms with Gasteiger partial charge in [0.15, 0.2) is 0 Å². The second-order valence-electron chi connectivity index (χ2n) is 3.45. The van der Waals surface area contributed by atoms with Crippen molar-refractivity contribution in [2.75, 3.05) is 53.5 Å². The SMILES string of the molecule is C#CCNCC(=O)NCCN(C)CCOC. The number of rotatable bonds is 9. The molecule has 0 unspecified atom stereocenters. The molecule has 0 fully saturated rings. The maximum atomic E-state index is 11.2. The summed E-state index contributed by atoms with van der Waals surface area (Å²) in [6, 6.07) is 0. The first-order valence-corrected chi connectivity index (χ1v) is 5.29. The predicted octanol–water partition coefficient (Wildman–Crippen LogP) is -1.10. The van der Waals surface area contributed by atoms with E-state index in [0.717, 1.165) is 13.1 Å². The van der Waals surface area contributed by atoms with Crippen LogP contribution in [0.2, 0.25) is 0 Å². The van der Waals surface area contributed by atoms with Gasteiger partial charge in [-0.05, 0) is 7.05 Å². The van der Waals surface area contributed by atoms with Gasteiger partial charge in [-0.15, -0.1) is 6.42 Å². The van der Waals surface area contributed by atoms with Crippen molar-refractivity contribution in [2.45, 2.75) is 0 Å². The Labute approximate surface area is 97.5 Å². The third-order valence-corrected chi connectivity index (χ3v) is 2.01. The molecule has 0 aliphatic heterocycles. The summed E-state index contributed by atoms with van der Waals surface area (Å²) in [4.78, 5) is 13.3. The average molecular weight is 227 g/mol. The second-order valence-corrected chi connectivity index (χ2v) is 3.45. The number of carbonyl (C=O) groups is 1. The molecule has 0 aliphatic carbocycles. The predicted molar refractivity (Wildman–Crippen MR) is 64.1 cm³/mol. The summed E-state index contributed by atoms with van der Waals surface area (Å²) in [5, 5.41) is 5.62. The zero-order chi connectivity index (χ0) is 12.2. The molecule has 5 nitrogen and oxygen atoms in total. The molecule has 0 radical (unpaired) electrons. The fraction of sp³-hybridized carbons (Fsp3) is 0.727. The van der Waals surface area contributed by atoms with E-state index in [1.165, 1.54) is 0 Å². The minimum atomic E-state index is -0.0320. The van der Waals surface area contributed by atoms with Crippen molar-refractivity contribution in [2.24, 2.45) is 0 Å². The van der Waals surface area contributed by atoms with Crippen molar-refractivity contribution in [1.29, 1.82) is 0 Å². The second kappa shape index (κ2) is 10.4. The lowest BCUT2D eigenvalue weighted by Gasteiger charge is -2.16. The molecule has 0 aliphatic rings. The molecule has 5 heteroatoms. The Hall–Kier alpha value is -1.09. The van der Waals surface area contributed by atoms with Crippen LogP contribution >= 0.6 is 0 Å². The van der Waals surface area contributed by atoms with Crippen LogP contribution in [0.3, 0.4) is 0 Å². The lowest BCUT2D eigenvalue weighted by atomic mass is 10.5. The minimum absolute atomic E-state index is 0.0320. The Bertz CT molecular complexity index is 226. The number of likely N-dealkylation sites (N-methyl/N-ethyl adjacent to an activating group) is 1. The van der Waals surface area contributed by atoms with Gasteiger partial charge in [-0.2, -0.15) is 0 Å². The molecule has 2 N–H and O–H groups in total. The third kappa shape index (κ3) is 9.46. The first-order chi connectivity index (χ1) is 7.70. The van der Waals surface area contributed by atoms with E-state index < -0.39 is 0 Å². The Morgan fingerprint density at radius 3 is 2.88 bits per heavy atom. The van der Waals surface area contributed by atoms with Crippen LogP contribution in [0.5, 0.6) is 0 Å². The van der Waals surface area contributed by atoms with Gasteiger partial charge in [-0.3, -0.25) is 10.1 Å². The van der Waals surface area contributed by atoms with Crippen LogP contribution < -0.4 is 10.6 Å². The van der Waals surface area contributed by atoms with Gasteiger partial charge in [-0.25, -0.2) is 0 Å². The highest BCUT2D eigenvalue weighted by molar-refractivity contribution is 5.77. The highest BCUT2D eigenvalue weighted by atomic mass is 16.5. The molecule has 0 saturated heterocycles. The normalized spacial score (nSPS) is 10.1. The Kier molecular flexibility index (Phi) is 9.72. The van der Waals surface area contributed by atoms with Gasteiger partial charge in [0.25, 0.3) is 0 Å². The number of ether oxygens (including phenoxy) is 1. The lowest BCUT2D eigenvalue weighted by Crippen LogP contribution is -2.38. The molecule has 0 aromatic rings. The number of hydrogen-bond acceptors (Lipinski definition) is 4. The molecule has 0 saturated carbocycles. The molecule has 16 heavy (non-hydrogen) atoms. The van der Waals surface area contributed by atoms with Gasteiger partial charge in [0.1, 0.15) is 0 Å². The minimum Gasteiger partial charge on any atom is -0.383 e. The first kappa shape index (κ1) is 14.9. The molecule has 0 aromatic heterocycles. The monoisotopic (exact) mass is 227 g/mol. The van der Waals surface area contributed by atoms with Crippen LogP contribution in [-0.2, 0) is 9.53 Å². The molecular weight excluding hydrogens is 206 g/mol. The highest BCUT2D eigenvalue weighted by Crippen LogP contribution is 1.80. The third-order valence-electron chi connectivity index (χ3n) is 2.01. The van der Waals surface area contributed by atoms with Crippen molar-refractivity contribution < 1.29 is 9.53 Å². The molecular formula is C11H21N3O2. The quantitative estimate of drug-likeness (QED) is 0.388. The van der Waals surface area contributed by atoms with Crippen LogP contribution in [-0.4, -0.2) is 64.3 Å². The summed E-state index contributed by atoms with van der Waals surface area (Å²) < 4.78 is 4.95. The molecule has 92 valence electrons. The van der Waals surface area contributed by atoms with Gasteiger partial charge in [0.05, 0.1) is 19.7 Å². The molecule has 0 spiro atoms. The zero-order valence-electron chi connectivity index (χ0n) is 10.1. The van der Waals surface area contributed by atoms with Crippen LogP contribution in [0.15, 0.2) is 0 Å². The number of amides is 1. The fourth-order valence-corrected chi connectivity index (χ4v) is 1.06. The largest absolute Gasteiger partial charge is 0.383 e. The van der Waals surface area contributed by atoms with Gasteiger partial charge in [0, 0.05) is 26.7 Å². The van der Waals surface area contributed by atoms with E-state index >= 15 is 0 Å². The Morgan fingerprint density at radius 2 is 2.25 bits per heavy atom. The van der Waals surface area contributed by atoms with Crippen molar-refractivity contribution in [3.05, 3.63) is 0 Å². The molecule has 0 bridgehead atoms. The van der Waals surface area contributed by atoms with Crippen molar-refractivity contribution in [3.63, 3.8) is 0 Å². The summed E-state index contributed by atoms with van der Waals surface area (Å²) in [5.74, 6) is 2.38. The maximum absolute atomic E-state index is 11.2. The van der Waals surface area contributed by atoms with Gasteiger partial charge in [0.2, 0.25) is 5.91 Å². The van der Waals surface area contributed by atoms with E-state index in [0.29, 0.717) is 19.7 Å². The van der Waals surface area contributed by atoms with Crippen LogP contribution in [0, 0.1) is 12.3 Å². The average Bonchev–Trinajstić information content (AvgIpc) is 2.26. The van der Waals surface area contributed by atoms with E-state index in [2.05, 4.69) is 21.5 Å². The molecule has 0 atom stereocenters. The van der Waals surface area contributed by atoms with E-state index in [9.17, 15) is 4.79 Å². The van der Waals surface area contributed by atoms with Gasteiger partial charge < -0.3 is 15.0 Å². The van der Waals surface area contributed by atoms with Crippen LogP contribution in [0.25, 0.3) is 0 Å². The van der Waals surface area contributed by atoms with Gasteiger partial charge >= 0.3 is 0 Å². The summed E-state index contributed by atoms with van der Waals surface area (Å²) in [5.41, 5.74) is 0. The van der Waals surface area contributed by atoms with Crippen molar-refractivity contribution in [3.8, 4) is 12.3 Å². The van der Waals surface area contributed by atoms with Gasteiger partial charge in [-0.1, -0.05) is 5.92 Å². The highest BCUT2D eigenvalue weighted by Gasteiger charge is 2.01. The number of methoxy groups -OCH3 is 1. The smallest absolute Gasteiger partial charge is 0.234 e. The molecule has 0 rings (SSSR count). The van der Waals surface area contributed by atoms with E-state index in [1.807, 2.05) is 7.05 Å². The van der Waals surface area contributed by atoms with Crippen LogP contribution in [0.4, 0.5) is 0 Å². The van der Waals surface area contributed by atoms with E-state index in [-0.39, 0.29) is 12.5 Å². The number of hydrogen-bond donors (Lipinski definition) is 2. The number of carbonyl (C=O) groups excluding carboxylic acids is 1. The van der Waals surface area contributed by atoms with Crippen molar-refractivity contribution in [1.82, 2.24) is 15.5 Å². The number of nitrogens with zero attached hydrogens (tertiary/aromatic N) is 1. The fourth-order valence-electron chi connectivity index (χ4n) is 1.06. The van der Waals surface area contributed by atoms with Crippen LogP contribution in [0.1, 0.15) is 0 Å². The number of nitrogens with one attached hydrogen (secondary N) is 2. The summed E-state index contributed by atoms with van der Waals surface area (Å²) in [6.07, 6.45) is 5.04. The lowest BCUT2D eigenvalue weighted by molar-refractivity contribution is -0.120. The van der Waals surface area contributed by atoms with E-state index in [4.69, 9.17) is 11.2 Å². The zero-order valence-corrected chi connectivity index (χ0v) is 10.1. The standard InChI is InChI=1S/C11H21N3O2/c1-4-5-12-10-11(15)13-6-7-14(2)8-9-16-3/h1,12H,5-10H2,2-3H3,(H,13,15). The Morgan fingerprint density at radius 1 is 1.50 bits per heavy atom. The summed E-state index contributed by atoms with van der Waals surface area (Å²) in [7, 11) is 3.66. The summed E-state index contributed by atoms with van der Waals surface area (Å²) in [6.45, 7) is 3.70. The Balaban J connectivity index is 3.36. The maximum Gasteiger partial charge on any atom is 0.234 e. The van der Waals surface area contributed by atoms with E-state index in [1.54, 1.807) is 7.11 Å². The molecule has 0 aromatic carbocycles. The molecule has 1 amide bonds.